The van der Waals surface area contributed by atoms with Crippen LogP contribution in [0.15, 0.2) is 48.7 Å². The lowest BCUT2D eigenvalue weighted by Crippen LogP contribution is -2.31. The molecule has 0 bridgehead atoms. The van der Waals surface area contributed by atoms with Gasteiger partial charge in [0.25, 0.3) is 0 Å². The molecule has 0 fully saturated rings. The summed E-state index contributed by atoms with van der Waals surface area (Å²) in [6, 6.07) is 13.4. The van der Waals surface area contributed by atoms with E-state index in [0.29, 0.717) is 25.2 Å². The first-order valence-electron chi connectivity index (χ1n) is 10.9. The molecule has 0 saturated heterocycles. The number of para-hydroxylation sites is 1. The van der Waals surface area contributed by atoms with E-state index < -0.39 is 0 Å². The van der Waals surface area contributed by atoms with Gasteiger partial charge >= 0.3 is 0 Å². The van der Waals surface area contributed by atoms with Crippen LogP contribution in [-0.2, 0) is 11.3 Å². The Kier molecular flexibility index (Phi) is 6.26. The van der Waals surface area contributed by atoms with Crippen molar-refractivity contribution >= 4 is 22.6 Å². The zero-order chi connectivity index (χ0) is 21.8. The van der Waals surface area contributed by atoms with Crippen molar-refractivity contribution in [3.8, 4) is 11.5 Å². The van der Waals surface area contributed by atoms with Gasteiger partial charge in [-0.15, -0.1) is 0 Å². The zero-order valence-corrected chi connectivity index (χ0v) is 18.0. The van der Waals surface area contributed by atoms with Crippen molar-refractivity contribution in [2.45, 2.75) is 45.7 Å². The monoisotopic (exact) mass is 420 g/mol. The number of Topliss-reactive ketones (excluding diaryl/α,β-unsaturated/α-hetero) is 1. The van der Waals surface area contributed by atoms with Crippen molar-refractivity contribution in [2.75, 3.05) is 13.2 Å². The molecular formula is C25H28N2O4. The second kappa shape index (κ2) is 9.25. The molecule has 162 valence electrons. The number of benzene rings is 2. The molecule has 1 aliphatic heterocycles. The SMILES string of the molecule is CCC(=O)c1cn(CC(=O)N[C@H](CC)c2ccc3c(c2)OCCCO3)c2ccccc12. The number of amides is 1. The standard InChI is InChI=1S/C25H28N2O4/c1-3-20(17-10-11-23-24(14-17)31-13-7-12-30-23)26-25(29)16-27-15-19(22(28)4-2)18-8-5-6-9-21(18)27/h5-6,8-11,14-15,20H,3-4,7,12-13,16H2,1-2H3,(H,26,29)/t20-/m1/s1. The first-order chi connectivity index (χ1) is 15.1. The number of hydrogen-bond donors (Lipinski definition) is 1. The predicted molar refractivity (Wildman–Crippen MR) is 120 cm³/mol. The topological polar surface area (TPSA) is 69.6 Å². The minimum Gasteiger partial charge on any atom is -0.490 e. The van der Waals surface area contributed by atoms with Crippen LogP contribution in [0.1, 0.15) is 55.1 Å². The molecule has 6 heteroatoms. The van der Waals surface area contributed by atoms with E-state index in [0.717, 1.165) is 40.8 Å². The summed E-state index contributed by atoms with van der Waals surface area (Å²) >= 11 is 0. The smallest absolute Gasteiger partial charge is 0.240 e. The van der Waals surface area contributed by atoms with Gasteiger partial charge in [-0.3, -0.25) is 9.59 Å². The lowest BCUT2D eigenvalue weighted by atomic mass is 10.0. The minimum atomic E-state index is -0.136. The Morgan fingerprint density at radius 3 is 2.61 bits per heavy atom. The van der Waals surface area contributed by atoms with E-state index in [1.54, 1.807) is 6.20 Å². The van der Waals surface area contributed by atoms with E-state index in [1.807, 2.05) is 60.9 Å². The van der Waals surface area contributed by atoms with E-state index in [1.165, 1.54) is 0 Å². The third-order valence-corrected chi connectivity index (χ3v) is 5.64. The number of ether oxygens (including phenoxy) is 2. The first kappa shape index (κ1) is 21.0. The molecule has 6 nitrogen and oxygen atoms in total. The average Bonchev–Trinajstić information content (AvgIpc) is 2.98. The Balaban J connectivity index is 1.53. The summed E-state index contributed by atoms with van der Waals surface area (Å²) in [6.07, 6.45) is 3.83. The molecular weight excluding hydrogens is 392 g/mol. The molecule has 2 aromatic carbocycles. The summed E-state index contributed by atoms with van der Waals surface area (Å²) in [6.45, 7) is 5.31. The highest BCUT2D eigenvalue weighted by molar-refractivity contribution is 6.08. The molecule has 0 radical (unpaired) electrons. The van der Waals surface area contributed by atoms with Gasteiger partial charge in [-0.05, 0) is 30.2 Å². The van der Waals surface area contributed by atoms with Crippen molar-refractivity contribution in [3.05, 3.63) is 59.8 Å². The van der Waals surface area contributed by atoms with Gasteiger partial charge in [0, 0.05) is 35.5 Å². The van der Waals surface area contributed by atoms with Crippen LogP contribution in [0.4, 0.5) is 0 Å². The minimum absolute atomic E-state index is 0.0778. The Bertz CT molecular complexity index is 1100. The number of carbonyl (C=O) groups is 2. The fourth-order valence-corrected chi connectivity index (χ4v) is 4.00. The van der Waals surface area contributed by atoms with Gasteiger partial charge < -0.3 is 19.4 Å². The van der Waals surface area contributed by atoms with Gasteiger partial charge in [0.2, 0.25) is 5.91 Å². The van der Waals surface area contributed by atoms with Gasteiger partial charge in [-0.25, -0.2) is 0 Å². The van der Waals surface area contributed by atoms with E-state index in [-0.39, 0.29) is 24.3 Å². The second-order valence-corrected chi connectivity index (χ2v) is 7.75. The highest BCUT2D eigenvalue weighted by Crippen LogP contribution is 2.33. The Labute approximate surface area is 182 Å². The van der Waals surface area contributed by atoms with Gasteiger partial charge in [-0.2, -0.15) is 0 Å². The molecule has 3 aromatic rings. The molecule has 1 aromatic heterocycles. The van der Waals surface area contributed by atoms with Crippen LogP contribution in [0.5, 0.6) is 11.5 Å². The van der Waals surface area contributed by atoms with E-state index >= 15 is 0 Å². The fourth-order valence-electron chi connectivity index (χ4n) is 4.00. The highest BCUT2D eigenvalue weighted by atomic mass is 16.5. The third kappa shape index (κ3) is 4.43. The van der Waals surface area contributed by atoms with Crippen LogP contribution in [0.25, 0.3) is 10.9 Å². The maximum absolute atomic E-state index is 12.9. The predicted octanol–water partition coefficient (Wildman–Crippen LogP) is 4.66. The van der Waals surface area contributed by atoms with Gasteiger partial charge in [0.05, 0.1) is 19.3 Å². The largest absolute Gasteiger partial charge is 0.490 e. The maximum Gasteiger partial charge on any atom is 0.240 e. The summed E-state index contributed by atoms with van der Waals surface area (Å²) in [7, 11) is 0. The number of nitrogens with one attached hydrogen (secondary N) is 1. The molecule has 31 heavy (non-hydrogen) atoms. The Morgan fingerprint density at radius 1 is 1.06 bits per heavy atom. The summed E-state index contributed by atoms with van der Waals surface area (Å²) in [4.78, 5) is 25.3. The third-order valence-electron chi connectivity index (χ3n) is 5.64. The van der Waals surface area contributed by atoms with Crippen LogP contribution in [0.2, 0.25) is 0 Å². The maximum atomic E-state index is 12.9. The van der Waals surface area contributed by atoms with Crippen LogP contribution >= 0.6 is 0 Å². The quantitative estimate of drug-likeness (QED) is 0.564. The van der Waals surface area contributed by atoms with Gasteiger partial charge in [0.15, 0.2) is 17.3 Å². The second-order valence-electron chi connectivity index (χ2n) is 7.75. The summed E-state index contributed by atoms with van der Waals surface area (Å²) in [5.74, 6) is 1.44. The molecule has 1 N–H and O–H groups in total. The Morgan fingerprint density at radius 2 is 1.84 bits per heavy atom. The molecule has 0 unspecified atom stereocenters. The van der Waals surface area contributed by atoms with E-state index in [2.05, 4.69) is 5.32 Å². The molecule has 0 spiro atoms. The number of fused-ring (bicyclic) bond motifs is 2. The summed E-state index contributed by atoms with van der Waals surface area (Å²) in [5, 5.41) is 4.02. The molecule has 0 aliphatic carbocycles. The highest BCUT2D eigenvalue weighted by Gasteiger charge is 2.19. The summed E-state index contributed by atoms with van der Waals surface area (Å²) in [5.41, 5.74) is 2.54. The Hall–Kier alpha value is -3.28. The van der Waals surface area contributed by atoms with Crippen LogP contribution in [-0.4, -0.2) is 29.5 Å². The summed E-state index contributed by atoms with van der Waals surface area (Å²) < 4.78 is 13.4. The first-order valence-corrected chi connectivity index (χ1v) is 10.9. The van der Waals surface area contributed by atoms with Crippen molar-refractivity contribution in [2.24, 2.45) is 0 Å². The average molecular weight is 421 g/mol. The van der Waals surface area contributed by atoms with Crippen molar-refractivity contribution in [1.82, 2.24) is 9.88 Å². The number of nitrogens with zero attached hydrogens (tertiary/aromatic N) is 1. The van der Waals surface area contributed by atoms with Crippen LogP contribution in [0, 0.1) is 0 Å². The van der Waals surface area contributed by atoms with Crippen molar-refractivity contribution in [3.63, 3.8) is 0 Å². The van der Waals surface area contributed by atoms with E-state index in [9.17, 15) is 9.59 Å². The van der Waals surface area contributed by atoms with E-state index in [4.69, 9.17) is 9.47 Å². The number of ketones is 1. The van der Waals surface area contributed by atoms with Crippen LogP contribution < -0.4 is 14.8 Å². The number of carbonyl (C=O) groups excluding carboxylic acids is 2. The lowest BCUT2D eigenvalue weighted by molar-refractivity contribution is -0.122. The van der Waals surface area contributed by atoms with Crippen molar-refractivity contribution in [1.29, 1.82) is 0 Å². The normalized spacial score (nSPS) is 14.1. The molecule has 0 saturated carbocycles. The molecule has 4 rings (SSSR count). The number of hydrogen-bond acceptors (Lipinski definition) is 4. The fraction of sp³-hybridized carbons (Fsp3) is 0.360. The molecule has 1 aliphatic rings. The zero-order valence-electron chi connectivity index (χ0n) is 18.0. The van der Waals surface area contributed by atoms with Gasteiger partial charge in [-0.1, -0.05) is 38.1 Å². The van der Waals surface area contributed by atoms with Gasteiger partial charge in [0.1, 0.15) is 6.54 Å². The molecule has 1 atom stereocenters. The number of rotatable bonds is 7. The number of aromatic nitrogens is 1. The van der Waals surface area contributed by atoms with Crippen LogP contribution in [0.3, 0.4) is 0 Å². The molecule has 1 amide bonds. The lowest BCUT2D eigenvalue weighted by Gasteiger charge is -2.19. The molecule has 2 heterocycles. The van der Waals surface area contributed by atoms with Crippen molar-refractivity contribution < 1.29 is 19.1 Å².